The van der Waals surface area contributed by atoms with Gasteiger partial charge in [0.15, 0.2) is 11.5 Å². The molecule has 25 heavy (non-hydrogen) atoms. The quantitative estimate of drug-likeness (QED) is 0.900. The zero-order chi connectivity index (χ0) is 18.2. The molecule has 1 aliphatic rings. The van der Waals surface area contributed by atoms with Gasteiger partial charge in [0.1, 0.15) is 0 Å². The van der Waals surface area contributed by atoms with Gasteiger partial charge in [-0.25, -0.2) is 0 Å². The lowest BCUT2D eigenvalue weighted by atomic mass is 9.90. The van der Waals surface area contributed by atoms with Crippen molar-refractivity contribution in [2.75, 3.05) is 20.8 Å². The summed E-state index contributed by atoms with van der Waals surface area (Å²) < 4.78 is 10.9. The van der Waals surface area contributed by atoms with Crippen molar-refractivity contribution in [3.8, 4) is 11.5 Å². The Hall–Kier alpha value is -2.04. The van der Waals surface area contributed by atoms with Gasteiger partial charge in [-0.15, -0.1) is 0 Å². The van der Waals surface area contributed by atoms with Crippen molar-refractivity contribution >= 4 is 0 Å². The fourth-order valence-corrected chi connectivity index (χ4v) is 3.93. The number of nitrogens with two attached hydrogens (primary N) is 1. The molecule has 1 aliphatic heterocycles. The summed E-state index contributed by atoms with van der Waals surface area (Å²) in [5, 5.41) is 0. The molecule has 134 valence electrons. The number of rotatable bonds is 5. The van der Waals surface area contributed by atoms with E-state index in [-0.39, 0.29) is 11.6 Å². The van der Waals surface area contributed by atoms with E-state index in [1.54, 1.807) is 14.2 Å². The van der Waals surface area contributed by atoms with Crippen molar-refractivity contribution in [2.45, 2.75) is 38.9 Å². The summed E-state index contributed by atoms with van der Waals surface area (Å²) in [6, 6.07) is 12.9. The Morgan fingerprint density at radius 3 is 2.48 bits per heavy atom. The molecule has 1 heterocycles. The highest BCUT2D eigenvalue weighted by Gasteiger charge is 2.40. The molecular weight excluding hydrogens is 312 g/mol. The molecular formula is C21H28N2O2. The molecule has 0 saturated heterocycles. The maximum Gasteiger partial charge on any atom is 0.161 e. The van der Waals surface area contributed by atoms with E-state index in [0.29, 0.717) is 6.54 Å². The summed E-state index contributed by atoms with van der Waals surface area (Å²) in [5.74, 6) is 1.50. The van der Waals surface area contributed by atoms with E-state index < -0.39 is 0 Å². The third kappa shape index (κ3) is 2.90. The van der Waals surface area contributed by atoms with Crippen molar-refractivity contribution in [3.05, 3.63) is 58.7 Å². The number of hydrogen-bond donors (Lipinski definition) is 1. The summed E-state index contributed by atoms with van der Waals surface area (Å²) in [7, 11) is 3.33. The van der Waals surface area contributed by atoms with Gasteiger partial charge in [-0.2, -0.15) is 0 Å². The van der Waals surface area contributed by atoms with Gasteiger partial charge in [0.05, 0.1) is 14.2 Å². The van der Waals surface area contributed by atoms with Crippen LogP contribution in [0.25, 0.3) is 0 Å². The average molecular weight is 340 g/mol. The van der Waals surface area contributed by atoms with Crippen LogP contribution in [0.2, 0.25) is 0 Å². The van der Waals surface area contributed by atoms with Crippen molar-refractivity contribution in [1.82, 2.24) is 4.90 Å². The first-order valence-electron chi connectivity index (χ1n) is 8.71. The van der Waals surface area contributed by atoms with Crippen LogP contribution in [0.3, 0.4) is 0 Å². The Morgan fingerprint density at radius 2 is 1.84 bits per heavy atom. The number of aryl methyl sites for hydroxylation is 1. The van der Waals surface area contributed by atoms with Crippen molar-refractivity contribution < 1.29 is 9.47 Å². The first kappa shape index (κ1) is 17.8. The van der Waals surface area contributed by atoms with Crippen LogP contribution in [-0.4, -0.2) is 25.7 Å². The summed E-state index contributed by atoms with van der Waals surface area (Å²) in [6.07, 6.45) is 0. The fourth-order valence-electron chi connectivity index (χ4n) is 3.93. The van der Waals surface area contributed by atoms with Gasteiger partial charge in [-0.3, -0.25) is 4.90 Å². The smallest absolute Gasteiger partial charge is 0.161 e. The first-order valence-corrected chi connectivity index (χ1v) is 8.71. The monoisotopic (exact) mass is 340 g/mol. The molecule has 0 radical (unpaired) electrons. The normalized spacial score (nSPS) is 17.4. The number of hydrogen-bond acceptors (Lipinski definition) is 4. The summed E-state index contributed by atoms with van der Waals surface area (Å²) in [5.41, 5.74) is 11.3. The van der Waals surface area contributed by atoms with Crippen LogP contribution in [0.15, 0.2) is 36.4 Å². The van der Waals surface area contributed by atoms with E-state index in [2.05, 4.69) is 56.0 Å². The maximum absolute atomic E-state index is 6.18. The second-order valence-corrected chi connectivity index (χ2v) is 7.15. The van der Waals surface area contributed by atoms with Gasteiger partial charge < -0.3 is 15.2 Å². The minimum Gasteiger partial charge on any atom is -0.493 e. The third-order valence-electron chi connectivity index (χ3n) is 5.54. The molecule has 2 aromatic carbocycles. The third-order valence-corrected chi connectivity index (χ3v) is 5.54. The highest BCUT2D eigenvalue weighted by Crippen LogP contribution is 2.44. The molecule has 0 spiro atoms. The molecule has 0 saturated carbocycles. The molecule has 0 amide bonds. The highest BCUT2D eigenvalue weighted by molar-refractivity contribution is 5.46. The highest BCUT2D eigenvalue weighted by atomic mass is 16.5. The molecule has 1 unspecified atom stereocenters. The zero-order valence-corrected chi connectivity index (χ0v) is 15.8. The van der Waals surface area contributed by atoms with E-state index in [0.717, 1.165) is 18.0 Å². The molecule has 1 atom stereocenters. The van der Waals surface area contributed by atoms with Crippen LogP contribution < -0.4 is 15.2 Å². The lowest BCUT2D eigenvalue weighted by Crippen LogP contribution is -2.42. The Morgan fingerprint density at radius 1 is 1.12 bits per heavy atom. The van der Waals surface area contributed by atoms with Crippen LogP contribution in [0.1, 0.15) is 42.1 Å². The van der Waals surface area contributed by atoms with Crippen LogP contribution in [0.5, 0.6) is 11.5 Å². The van der Waals surface area contributed by atoms with Crippen molar-refractivity contribution in [2.24, 2.45) is 5.73 Å². The van der Waals surface area contributed by atoms with Crippen molar-refractivity contribution in [1.29, 1.82) is 0 Å². The summed E-state index contributed by atoms with van der Waals surface area (Å²) >= 11 is 0. The number of ether oxygens (including phenoxy) is 2. The number of benzene rings is 2. The maximum atomic E-state index is 6.18. The summed E-state index contributed by atoms with van der Waals surface area (Å²) in [6.45, 7) is 8.19. The van der Waals surface area contributed by atoms with Crippen LogP contribution in [0.4, 0.5) is 0 Å². The van der Waals surface area contributed by atoms with E-state index in [9.17, 15) is 0 Å². The van der Waals surface area contributed by atoms with E-state index in [4.69, 9.17) is 15.2 Å². The Kier molecular flexibility index (Phi) is 4.76. The lowest BCUT2D eigenvalue weighted by molar-refractivity contribution is 0.0777. The van der Waals surface area contributed by atoms with Crippen LogP contribution >= 0.6 is 0 Å². The fraction of sp³-hybridized carbons (Fsp3) is 0.429. The second-order valence-electron chi connectivity index (χ2n) is 7.15. The molecule has 0 aromatic heterocycles. The minimum absolute atomic E-state index is 0.185. The van der Waals surface area contributed by atoms with Gasteiger partial charge in [0.2, 0.25) is 0 Å². The van der Waals surface area contributed by atoms with Gasteiger partial charge >= 0.3 is 0 Å². The largest absolute Gasteiger partial charge is 0.493 e. The Balaban J connectivity index is 2.02. The minimum atomic E-state index is -0.185. The zero-order valence-electron chi connectivity index (χ0n) is 15.8. The lowest BCUT2D eigenvalue weighted by Gasteiger charge is -2.40. The SMILES string of the molecule is COc1ccc(C(C)(C)N2Cc3c(C)cccc3C2CN)cc1OC. The molecule has 0 bridgehead atoms. The van der Waals surface area contributed by atoms with Gasteiger partial charge in [-0.1, -0.05) is 24.3 Å². The average Bonchev–Trinajstić information content (AvgIpc) is 3.01. The topological polar surface area (TPSA) is 47.7 Å². The Bertz CT molecular complexity index is 770. The molecule has 0 aliphatic carbocycles. The molecule has 2 N–H and O–H groups in total. The molecule has 0 fully saturated rings. The predicted octanol–water partition coefficient (Wildman–Crippen LogP) is 3.76. The number of fused-ring (bicyclic) bond motifs is 1. The van der Waals surface area contributed by atoms with Gasteiger partial charge in [0, 0.05) is 24.7 Å². The number of nitrogens with zero attached hydrogens (tertiary/aromatic N) is 1. The summed E-state index contributed by atoms with van der Waals surface area (Å²) in [4.78, 5) is 2.49. The Labute approximate surface area is 150 Å². The molecule has 4 heteroatoms. The van der Waals surface area contributed by atoms with E-state index >= 15 is 0 Å². The van der Waals surface area contributed by atoms with E-state index in [1.165, 1.54) is 22.3 Å². The first-order chi connectivity index (χ1) is 11.9. The van der Waals surface area contributed by atoms with Crippen LogP contribution in [0, 0.1) is 6.92 Å². The standard InChI is InChI=1S/C21H28N2O2/c1-14-7-6-8-16-17(14)13-23(18(16)12-22)21(2,3)15-9-10-19(24-4)20(11-15)25-5/h6-11,18H,12-13,22H2,1-5H3. The molecule has 3 rings (SSSR count). The molecule has 2 aromatic rings. The molecule has 4 nitrogen and oxygen atoms in total. The van der Waals surface area contributed by atoms with Crippen molar-refractivity contribution in [3.63, 3.8) is 0 Å². The van der Waals surface area contributed by atoms with Gasteiger partial charge in [0.25, 0.3) is 0 Å². The second kappa shape index (κ2) is 6.70. The number of methoxy groups -OCH3 is 2. The van der Waals surface area contributed by atoms with Crippen LogP contribution in [-0.2, 0) is 12.1 Å². The van der Waals surface area contributed by atoms with Gasteiger partial charge in [-0.05, 0) is 55.2 Å². The predicted molar refractivity (Wildman–Crippen MR) is 101 cm³/mol. The van der Waals surface area contributed by atoms with E-state index in [1.807, 2.05) is 6.07 Å².